The van der Waals surface area contributed by atoms with Gasteiger partial charge in [0.05, 0.1) is 29.6 Å². The first-order valence-electron chi connectivity index (χ1n) is 11.0. The first kappa shape index (κ1) is 26.5. The van der Waals surface area contributed by atoms with Crippen LogP contribution in [0.25, 0.3) is 0 Å². The first-order chi connectivity index (χ1) is 16.4. The van der Waals surface area contributed by atoms with Gasteiger partial charge in [0.2, 0.25) is 0 Å². The smallest absolute Gasteiger partial charge is 0.417 e. The molecule has 2 atom stereocenters. The number of amides is 1. The van der Waals surface area contributed by atoms with E-state index in [0.717, 1.165) is 17.8 Å². The highest BCUT2D eigenvalue weighted by molar-refractivity contribution is 6.31. The number of alkyl halides is 3. The highest BCUT2D eigenvalue weighted by atomic mass is 35.5. The minimum atomic E-state index is -4.69. The molecule has 1 heterocycles. The van der Waals surface area contributed by atoms with Crippen LogP contribution >= 0.6 is 11.6 Å². The number of hydrogen-bond acceptors (Lipinski definition) is 4. The molecule has 0 spiro atoms. The van der Waals surface area contributed by atoms with Gasteiger partial charge in [-0.05, 0) is 43.2 Å². The maximum absolute atomic E-state index is 14.9. The fourth-order valence-electron chi connectivity index (χ4n) is 4.18. The highest BCUT2D eigenvalue weighted by Crippen LogP contribution is 2.36. The minimum absolute atomic E-state index is 0.0655. The Morgan fingerprint density at radius 1 is 1.17 bits per heavy atom. The largest absolute Gasteiger partial charge is 0.481 e. The molecule has 35 heavy (non-hydrogen) atoms. The lowest BCUT2D eigenvalue weighted by Crippen LogP contribution is -2.34. The first-order valence-corrected chi connectivity index (χ1v) is 11.3. The normalized spacial score (nSPS) is 17.9. The van der Waals surface area contributed by atoms with Gasteiger partial charge in [0, 0.05) is 28.4 Å². The van der Waals surface area contributed by atoms with Gasteiger partial charge in [-0.2, -0.15) is 18.3 Å². The number of rotatable bonds is 8. The zero-order valence-electron chi connectivity index (χ0n) is 19.0. The minimum Gasteiger partial charge on any atom is -0.481 e. The van der Waals surface area contributed by atoms with E-state index in [4.69, 9.17) is 11.6 Å². The third-order valence-corrected chi connectivity index (χ3v) is 6.21. The van der Waals surface area contributed by atoms with Crippen molar-refractivity contribution in [3.63, 3.8) is 0 Å². The Balaban J connectivity index is 1.76. The van der Waals surface area contributed by atoms with Crippen molar-refractivity contribution in [2.45, 2.75) is 51.9 Å². The molecule has 0 radical (unpaired) electrons. The maximum Gasteiger partial charge on any atom is 0.417 e. The lowest BCUT2D eigenvalue weighted by atomic mass is 9.89. The number of nitrogens with zero attached hydrogens (tertiary/aromatic N) is 2. The third-order valence-electron chi connectivity index (χ3n) is 5.88. The van der Waals surface area contributed by atoms with Crippen LogP contribution in [-0.4, -0.2) is 33.7 Å². The van der Waals surface area contributed by atoms with E-state index in [0.29, 0.717) is 18.9 Å². The van der Waals surface area contributed by atoms with Crippen molar-refractivity contribution in [2.75, 3.05) is 5.32 Å². The summed E-state index contributed by atoms with van der Waals surface area (Å²) in [6.07, 6.45) is -3.56. The molecule has 3 rings (SSSR count). The van der Waals surface area contributed by atoms with Gasteiger partial charge < -0.3 is 10.4 Å². The quantitative estimate of drug-likeness (QED) is 0.412. The number of hydrogen-bond donors (Lipinski definition) is 2. The van der Waals surface area contributed by atoms with Crippen LogP contribution < -0.4 is 5.32 Å². The predicted octanol–water partition coefficient (Wildman–Crippen LogP) is 6.20. The van der Waals surface area contributed by atoms with Gasteiger partial charge in [-0.15, -0.1) is 0 Å². The summed E-state index contributed by atoms with van der Waals surface area (Å²) in [6.45, 7) is 3.87. The zero-order valence-corrected chi connectivity index (χ0v) is 19.8. The summed E-state index contributed by atoms with van der Waals surface area (Å²) < 4.78 is 54.0. The molecule has 11 heteroatoms. The van der Waals surface area contributed by atoms with Gasteiger partial charge in [0.1, 0.15) is 5.82 Å². The van der Waals surface area contributed by atoms with Gasteiger partial charge in [0.25, 0.3) is 5.91 Å². The summed E-state index contributed by atoms with van der Waals surface area (Å²) in [7, 11) is 0. The molecule has 2 unspecified atom stereocenters. The number of carbonyl (C=O) groups excluding carboxylic acids is 1. The number of benzene rings is 2. The number of carboxylic acid groups (broad SMARTS) is 1. The summed E-state index contributed by atoms with van der Waals surface area (Å²) in [5, 5.41) is 17.3. The van der Waals surface area contributed by atoms with Crippen molar-refractivity contribution in [1.82, 2.24) is 5.01 Å². The van der Waals surface area contributed by atoms with Crippen molar-refractivity contribution in [1.29, 1.82) is 0 Å². The van der Waals surface area contributed by atoms with E-state index >= 15 is 0 Å². The van der Waals surface area contributed by atoms with Crippen molar-refractivity contribution >= 4 is 34.9 Å². The summed E-state index contributed by atoms with van der Waals surface area (Å²) in [4.78, 5) is 23.8. The van der Waals surface area contributed by atoms with Gasteiger partial charge in [-0.1, -0.05) is 31.5 Å². The number of carboxylic acids is 1. The van der Waals surface area contributed by atoms with Crippen molar-refractivity contribution in [3.05, 3.63) is 63.9 Å². The number of aliphatic carboxylic acids is 1. The van der Waals surface area contributed by atoms with E-state index in [1.807, 2.05) is 13.8 Å². The molecule has 0 aliphatic carbocycles. The molecule has 0 saturated carbocycles. The predicted molar refractivity (Wildman–Crippen MR) is 124 cm³/mol. The second kappa shape index (κ2) is 10.6. The van der Waals surface area contributed by atoms with E-state index in [-0.39, 0.29) is 41.7 Å². The average molecular weight is 514 g/mol. The van der Waals surface area contributed by atoms with E-state index in [1.165, 1.54) is 18.2 Å². The monoisotopic (exact) mass is 513 g/mol. The van der Waals surface area contributed by atoms with Crippen molar-refractivity contribution in [3.8, 4) is 0 Å². The van der Waals surface area contributed by atoms with Crippen LogP contribution in [0.4, 0.5) is 23.2 Å². The summed E-state index contributed by atoms with van der Waals surface area (Å²) >= 11 is 5.59. The fraction of sp³-hybridized carbons (Fsp3) is 0.375. The Hall–Kier alpha value is -3.14. The Morgan fingerprint density at radius 3 is 2.46 bits per heavy atom. The second-order valence-electron chi connectivity index (χ2n) is 8.18. The molecule has 1 amide bonds. The second-order valence-corrected chi connectivity index (χ2v) is 8.58. The third kappa shape index (κ3) is 6.11. The fourth-order valence-corrected chi connectivity index (χ4v) is 4.41. The zero-order chi connectivity index (χ0) is 25.9. The van der Waals surface area contributed by atoms with Crippen LogP contribution in [0.2, 0.25) is 5.02 Å². The highest BCUT2D eigenvalue weighted by Gasteiger charge is 2.37. The lowest BCUT2D eigenvalue weighted by molar-refractivity contribution is -0.138. The summed E-state index contributed by atoms with van der Waals surface area (Å²) in [5.41, 5.74) is -0.310. The number of anilines is 1. The molecule has 0 bridgehead atoms. The van der Waals surface area contributed by atoms with Crippen LogP contribution in [0.3, 0.4) is 0 Å². The Bertz CT molecular complexity index is 1150. The SMILES string of the molecule is CCC1=NN(Cc2ccc(C(=O)Nc3ccc(Cl)c(C(F)(F)F)c3)cc2F)C(CC)C1CC(=O)O. The molecule has 0 aromatic heterocycles. The van der Waals surface area contributed by atoms with Gasteiger partial charge in [-0.25, -0.2) is 4.39 Å². The van der Waals surface area contributed by atoms with Gasteiger partial charge >= 0.3 is 12.1 Å². The summed E-state index contributed by atoms with van der Waals surface area (Å²) in [5.74, 6) is -2.67. The standard InChI is InChI=1S/C24H24ClF4N3O3/c1-3-20-16(11-22(33)34)21(4-2)32(31-20)12-14-6-5-13(9-19(14)26)23(35)30-15-7-8-18(25)17(10-15)24(27,28)29/h5-10,16,21H,3-4,11-12H2,1-2H3,(H,30,35)(H,33,34). The molecular weight excluding hydrogens is 490 g/mol. The average Bonchev–Trinajstić information content (AvgIpc) is 3.10. The molecule has 1 aliphatic heterocycles. The molecule has 2 aromatic carbocycles. The Morgan fingerprint density at radius 2 is 1.89 bits per heavy atom. The van der Waals surface area contributed by atoms with Crippen LogP contribution in [0.5, 0.6) is 0 Å². The Kier molecular flexibility index (Phi) is 8.04. The van der Waals surface area contributed by atoms with Gasteiger partial charge in [-0.3, -0.25) is 14.6 Å². The number of halogens is 5. The Labute approximate surface area is 204 Å². The molecule has 0 fully saturated rings. The summed E-state index contributed by atoms with van der Waals surface area (Å²) in [6, 6.07) is 6.52. The molecule has 2 N–H and O–H groups in total. The molecule has 188 valence electrons. The van der Waals surface area contributed by atoms with Crippen LogP contribution in [0.15, 0.2) is 41.5 Å². The van der Waals surface area contributed by atoms with Crippen LogP contribution in [0, 0.1) is 11.7 Å². The maximum atomic E-state index is 14.9. The van der Waals surface area contributed by atoms with Crippen molar-refractivity contribution in [2.24, 2.45) is 11.0 Å². The lowest BCUT2D eigenvalue weighted by Gasteiger charge is -2.26. The van der Waals surface area contributed by atoms with Crippen LogP contribution in [-0.2, 0) is 17.5 Å². The molecule has 2 aromatic rings. The van der Waals surface area contributed by atoms with Gasteiger partial charge in [0.15, 0.2) is 0 Å². The molecule has 1 aliphatic rings. The number of hydrazone groups is 1. The molecule has 0 saturated heterocycles. The van der Waals surface area contributed by atoms with E-state index in [9.17, 15) is 32.3 Å². The van der Waals surface area contributed by atoms with Crippen molar-refractivity contribution < 1.29 is 32.3 Å². The topological polar surface area (TPSA) is 82.0 Å². The molecule has 6 nitrogen and oxygen atoms in total. The van der Waals surface area contributed by atoms with Crippen LogP contribution in [0.1, 0.15) is 54.6 Å². The molecular formula is C24H24ClF4N3O3. The van der Waals surface area contributed by atoms with E-state index in [2.05, 4.69) is 10.4 Å². The van der Waals surface area contributed by atoms with E-state index < -0.39 is 34.5 Å². The van der Waals surface area contributed by atoms with E-state index in [1.54, 1.807) is 5.01 Å². The number of nitrogens with one attached hydrogen (secondary N) is 1. The number of carbonyl (C=O) groups is 2.